The van der Waals surface area contributed by atoms with Crippen molar-refractivity contribution in [1.82, 2.24) is 0 Å². The Hall–Kier alpha value is 0.247. The van der Waals surface area contributed by atoms with Crippen LogP contribution in [0.1, 0.15) is 20.8 Å². The van der Waals surface area contributed by atoms with Gasteiger partial charge in [0.15, 0.2) is 9.85 Å². The third-order valence-corrected chi connectivity index (χ3v) is 1.67. The van der Waals surface area contributed by atoms with Gasteiger partial charge in [-0.3, -0.25) is 0 Å². The molecule has 0 fully saturated rings. The van der Waals surface area contributed by atoms with Crippen molar-refractivity contribution < 1.29 is 30.0 Å². The van der Waals surface area contributed by atoms with Crippen LogP contribution in [0.4, 0.5) is 4.11 Å². The Labute approximate surface area is 126 Å². The molecule has 0 saturated carbocycles. The Morgan fingerprint density at radius 3 is 1.29 bits per heavy atom. The number of nitrogens with one attached hydrogen (secondary N) is 3. The maximum atomic E-state index is 11.7. The summed E-state index contributed by atoms with van der Waals surface area (Å²) in [5.41, 5.74) is 18.6. The average molecular weight is 424 g/mol. The standard InChI is InChI=1S/C5H6FSi.3C2H6N.Hf/c6-7-5-3-1-2-4-5;3*1-2-3;/h1-4H,7H2;3*3H,2H2,1H3;/q4*-1;+4. The van der Waals surface area contributed by atoms with Crippen LogP contribution < -0.4 is 5.19 Å². The van der Waals surface area contributed by atoms with Crippen LogP contribution in [0.15, 0.2) is 24.3 Å². The first-order chi connectivity index (χ1) is 7.67. The van der Waals surface area contributed by atoms with Gasteiger partial charge in [-0.2, -0.15) is 31.8 Å². The molecule has 0 aromatic heterocycles. The predicted molar refractivity (Wildman–Crippen MR) is 75.9 cm³/mol. The van der Waals surface area contributed by atoms with Crippen molar-refractivity contribution >= 4 is 15.0 Å². The molecule has 1 aromatic rings. The van der Waals surface area contributed by atoms with E-state index >= 15 is 0 Å². The van der Waals surface area contributed by atoms with Crippen LogP contribution in [0.25, 0.3) is 17.2 Å². The molecule has 0 spiro atoms. The molecular weight excluding hydrogens is 400 g/mol. The summed E-state index contributed by atoms with van der Waals surface area (Å²) in [6.07, 6.45) is 0. The summed E-state index contributed by atoms with van der Waals surface area (Å²) in [7, 11) is -1.37. The summed E-state index contributed by atoms with van der Waals surface area (Å²) in [5.74, 6) is 0. The van der Waals surface area contributed by atoms with Gasteiger partial charge in [0.05, 0.1) is 0 Å². The summed E-state index contributed by atoms with van der Waals surface area (Å²) in [5, 5.41) is 0.903. The molecule has 0 saturated heterocycles. The van der Waals surface area contributed by atoms with E-state index < -0.39 is 9.85 Å². The van der Waals surface area contributed by atoms with E-state index in [2.05, 4.69) is 0 Å². The summed E-state index contributed by atoms with van der Waals surface area (Å²) in [6.45, 7) is 6.88. The van der Waals surface area contributed by atoms with Gasteiger partial charge in [0.1, 0.15) is 0 Å². The Morgan fingerprint density at radius 2 is 1.18 bits per heavy atom. The summed E-state index contributed by atoms with van der Waals surface area (Å²) in [6, 6.07) is 7.38. The Balaban J connectivity index is -0.0000000734. The van der Waals surface area contributed by atoms with Crippen molar-refractivity contribution in [3.8, 4) is 0 Å². The van der Waals surface area contributed by atoms with E-state index in [1.807, 2.05) is 24.3 Å². The molecule has 3 N–H and O–H groups in total. The van der Waals surface area contributed by atoms with Gasteiger partial charge < -0.3 is 21.3 Å². The van der Waals surface area contributed by atoms with Gasteiger partial charge in [-0.05, 0) is 0 Å². The predicted octanol–water partition coefficient (Wildman–Crippen LogP) is 3.26. The molecule has 98 valence electrons. The maximum absolute atomic E-state index is 11.7. The molecular formula is C11H24FHfN3Si. The van der Waals surface area contributed by atoms with Crippen molar-refractivity contribution in [2.24, 2.45) is 0 Å². The summed E-state index contributed by atoms with van der Waals surface area (Å²) >= 11 is 0. The minimum atomic E-state index is -1.37. The second kappa shape index (κ2) is 29.9. The smallest absolute Gasteiger partial charge is 0.678 e. The fraction of sp³-hybridized carbons (Fsp3) is 0.545. The quantitative estimate of drug-likeness (QED) is 0.378. The van der Waals surface area contributed by atoms with Gasteiger partial charge >= 0.3 is 25.8 Å². The fourth-order valence-electron chi connectivity index (χ4n) is 0.503. The molecule has 17 heavy (non-hydrogen) atoms. The minimum Gasteiger partial charge on any atom is -0.678 e. The van der Waals surface area contributed by atoms with Gasteiger partial charge in [0.25, 0.3) is 0 Å². The average Bonchev–Trinajstić information content (AvgIpc) is 2.73. The van der Waals surface area contributed by atoms with E-state index in [-0.39, 0.29) is 25.8 Å². The molecule has 0 heterocycles. The molecule has 0 bridgehead atoms. The second-order valence-electron chi connectivity index (χ2n) is 2.49. The fourth-order valence-corrected chi connectivity index (χ4v) is 0.953. The van der Waals surface area contributed by atoms with Gasteiger partial charge in [0.2, 0.25) is 0 Å². The Morgan fingerprint density at radius 1 is 0.941 bits per heavy atom. The van der Waals surface area contributed by atoms with Crippen LogP contribution in [0.3, 0.4) is 0 Å². The van der Waals surface area contributed by atoms with E-state index in [4.69, 9.17) is 17.2 Å². The zero-order valence-electron chi connectivity index (χ0n) is 11.0. The molecule has 0 unspecified atom stereocenters. The van der Waals surface area contributed by atoms with Crippen LogP contribution >= 0.6 is 0 Å². The Kier molecular flexibility index (Phi) is 45.6. The first-order valence-corrected chi connectivity index (χ1v) is 6.62. The van der Waals surface area contributed by atoms with Crippen LogP contribution in [0, 0.1) is 0 Å². The van der Waals surface area contributed by atoms with Crippen molar-refractivity contribution in [3.05, 3.63) is 41.5 Å². The number of hydrogen-bond donors (Lipinski definition) is 0. The van der Waals surface area contributed by atoms with Crippen LogP contribution in [0.5, 0.6) is 0 Å². The summed E-state index contributed by atoms with van der Waals surface area (Å²) < 4.78 is 11.7. The van der Waals surface area contributed by atoms with Gasteiger partial charge in [-0.25, -0.2) is 12.1 Å². The third-order valence-electron chi connectivity index (χ3n) is 0.886. The van der Waals surface area contributed by atoms with E-state index in [1.165, 1.54) is 0 Å². The van der Waals surface area contributed by atoms with E-state index in [0.717, 1.165) is 5.19 Å². The first-order valence-electron chi connectivity index (χ1n) is 5.38. The number of rotatable bonds is 1. The normalized spacial score (nSPS) is 7.71. The van der Waals surface area contributed by atoms with Gasteiger partial charge in [-0.15, -0.1) is 5.19 Å². The number of halogens is 1. The number of hydrogen-bond acceptors (Lipinski definition) is 0. The molecule has 0 amide bonds. The third kappa shape index (κ3) is 38.6. The molecule has 6 heteroatoms. The van der Waals surface area contributed by atoms with E-state index in [1.54, 1.807) is 20.8 Å². The largest absolute Gasteiger partial charge is 4.00 e. The van der Waals surface area contributed by atoms with E-state index in [0.29, 0.717) is 19.6 Å². The molecule has 0 aliphatic heterocycles. The molecule has 0 aliphatic carbocycles. The topological polar surface area (TPSA) is 71.4 Å². The zero-order chi connectivity index (χ0) is 13.2. The van der Waals surface area contributed by atoms with Crippen LogP contribution in [-0.4, -0.2) is 29.5 Å². The van der Waals surface area contributed by atoms with Crippen LogP contribution in [0.2, 0.25) is 0 Å². The van der Waals surface area contributed by atoms with Crippen molar-refractivity contribution in [1.29, 1.82) is 0 Å². The van der Waals surface area contributed by atoms with Gasteiger partial charge in [0, 0.05) is 0 Å². The molecule has 0 radical (unpaired) electrons. The molecule has 3 nitrogen and oxygen atoms in total. The molecule has 1 aromatic carbocycles. The van der Waals surface area contributed by atoms with Crippen LogP contribution in [-0.2, 0) is 25.8 Å². The maximum Gasteiger partial charge on any atom is 4.00 e. The van der Waals surface area contributed by atoms with Crippen molar-refractivity contribution in [2.75, 3.05) is 19.6 Å². The first kappa shape index (κ1) is 25.9. The molecule has 0 aliphatic rings. The summed E-state index contributed by atoms with van der Waals surface area (Å²) in [4.78, 5) is 0. The van der Waals surface area contributed by atoms with E-state index in [9.17, 15) is 4.11 Å². The van der Waals surface area contributed by atoms with Crippen molar-refractivity contribution in [3.63, 3.8) is 0 Å². The SMILES string of the molecule is CC[NH-].CC[NH-].CC[NH-].F[SiH2][c-]1cccc1.[Hf+4]. The van der Waals surface area contributed by atoms with Gasteiger partial charge in [-0.1, -0.05) is 20.8 Å². The molecule has 1 rings (SSSR count). The van der Waals surface area contributed by atoms with Crippen molar-refractivity contribution in [2.45, 2.75) is 20.8 Å². The molecule has 0 atom stereocenters. The minimum absolute atomic E-state index is 0. The second-order valence-corrected chi connectivity index (χ2v) is 3.57. The monoisotopic (exact) mass is 425 g/mol. The zero-order valence-corrected chi connectivity index (χ0v) is 16.0. The Bertz CT molecular complexity index is 170.